The number of hydrogen-bond donors (Lipinski definition) is 2. The van der Waals surface area contributed by atoms with E-state index in [2.05, 4.69) is 26.2 Å². The SMILES string of the molecule is FN1N=CN(C(Oc2ccccc2)c2cnn(C3CCNCC3)n2)N1. The Hall–Kier alpha value is -2.72. The summed E-state index contributed by atoms with van der Waals surface area (Å²) in [6.45, 7) is 1.89. The van der Waals surface area contributed by atoms with Gasteiger partial charge in [-0.2, -0.15) is 15.0 Å². The molecule has 25 heavy (non-hydrogen) atoms. The first-order valence-corrected chi connectivity index (χ1v) is 8.18. The monoisotopic (exact) mass is 346 g/mol. The molecule has 1 fully saturated rings. The molecule has 0 bridgehead atoms. The number of nitrogens with one attached hydrogen (secondary N) is 2. The normalized spacial score (nSPS) is 19.4. The number of hydrazone groups is 1. The molecule has 2 aromatic rings. The number of benzene rings is 1. The highest BCUT2D eigenvalue weighted by molar-refractivity contribution is 5.55. The van der Waals surface area contributed by atoms with E-state index in [4.69, 9.17) is 4.74 Å². The Labute approximate surface area is 143 Å². The van der Waals surface area contributed by atoms with Gasteiger partial charge in [0, 0.05) is 0 Å². The highest BCUT2D eigenvalue weighted by Crippen LogP contribution is 2.25. The van der Waals surface area contributed by atoms with E-state index < -0.39 is 6.23 Å². The van der Waals surface area contributed by atoms with Gasteiger partial charge in [0.15, 0.2) is 0 Å². The number of rotatable bonds is 5. The number of piperidine rings is 1. The minimum absolute atomic E-state index is 0.110. The number of aromatic nitrogens is 3. The zero-order valence-corrected chi connectivity index (χ0v) is 13.5. The van der Waals surface area contributed by atoms with Gasteiger partial charge in [0.05, 0.1) is 12.2 Å². The van der Waals surface area contributed by atoms with Crippen LogP contribution in [0.4, 0.5) is 4.48 Å². The molecule has 1 aromatic carbocycles. The molecule has 9 nitrogen and oxygen atoms in total. The Morgan fingerprint density at radius 1 is 1.20 bits per heavy atom. The molecule has 0 spiro atoms. The summed E-state index contributed by atoms with van der Waals surface area (Å²) in [5.74, 6) is 0.636. The topological polar surface area (TPSA) is 82.8 Å². The third kappa shape index (κ3) is 3.54. The molecular formula is C15H19FN8O. The molecule has 0 amide bonds. The van der Waals surface area contributed by atoms with Crippen LogP contribution in [-0.2, 0) is 0 Å². The van der Waals surface area contributed by atoms with Crippen molar-refractivity contribution < 1.29 is 9.22 Å². The van der Waals surface area contributed by atoms with Crippen molar-refractivity contribution in [1.29, 1.82) is 0 Å². The predicted molar refractivity (Wildman–Crippen MR) is 87.4 cm³/mol. The molecule has 1 atom stereocenters. The molecule has 2 N–H and O–H groups in total. The van der Waals surface area contributed by atoms with Gasteiger partial charge in [-0.15, -0.1) is 5.10 Å². The lowest BCUT2D eigenvalue weighted by atomic mass is 10.1. The van der Waals surface area contributed by atoms with Crippen LogP contribution in [0.25, 0.3) is 0 Å². The Bertz CT molecular complexity index is 717. The van der Waals surface area contributed by atoms with E-state index in [1.165, 1.54) is 11.3 Å². The Balaban J connectivity index is 1.57. The summed E-state index contributed by atoms with van der Waals surface area (Å²) < 4.78 is 19.2. The van der Waals surface area contributed by atoms with Crippen LogP contribution in [-0.4, -0.2) is 44.8 Å². The lowest BCUT2D eigenvalue weighted by molar-refractivity contribution is -0.100. The van der Waals surface area contributed by atoms with Crippen molar-refractivity contribution in [3.8, 4) is 5.75 Å². The van der Waals surface area contributed by atoms with Crippen molar-refractivity contribution >= 4 is 6.34 Å². The zero-order valence-electron chi connectivity index (χ0n) is 13.5. The molecule has 2 aliphatic heterocycles. The standard InChI is InChI=1S/C15H19FN8O/c16-24-19-11-22(21-24)15(25-13-4-2-1-3-5-13)14-10-18-23(20-14)12-6-8-17-9-7-12/h1-5,10-12,15,17,21H,6-9H2. The molecule has 2 aliphatic rings. The van der Waals surface area contributed by atoms with Crippen LogP contribution in [0.3, 0.4) is 0 Å². The number of nitrogens with zero attached hydrogens (tertiary/aromatic N) is 6. The van der Waals surface area contributed by atoms with Gasteiger partial charge >= 0.3 is 0 Å². The molecule has 3 heterocycles. The average Bonchev–Trinajstić information content (AvgIpc) is 3.31. The van der Waals surface area contributed by atoms with Crippen LogP contribution in [0.1, 0.15) is 30.8 Å². The van der Waals surface area contributed by atoms with E-state index >= 15 is 0 Å². The van der Waals surface area contributed by atoms with Gasteiger partial charge in [-0.1, -0.05) is 28.2 Å². The second-order valence-corrected chi connectivity index (χ2v) is 5.85. The van der Waals surface area contributed by atoms with Crippen LogP contribution in [0.5, 0.6) is 5.75 Å². The lowest BCUT2D eigenvalue weighted by Crippen LogP contribution is -2.42. The molecule has 1 aromatic heterocycles. The maximum absolute atomic E-state index is 13.3. The molecule has 0 saturated carbocycles. The maximum Gasteiger partial charge on any atom is 0.234 e. The molecule has 0 radical (unpaired) electrons. The van der Waals surface area contributed by atoms with E-state index in [-0.39, 0.29) is 11.4 Å². The highest BCUT2D eigenvalue weighted by atomic mass is 19.2. The van der Waals surface area contributed by atoms with Crippen molar-refractivity contribution in [1.82, 2.24) is 36.2 Å². The van der Waals surface area contributed by atoms with Crippen LogP contribution in [0, 0.1) is 0 Å². The first kappa shape index (κ1) is 15.8. The summed E-state index contributed by atoms with van der Waals surface area (Å²) in [5, 5.41) is 17.3. The van der Waals surface area contributed by atoms with Crippen molar-refractivity contribution in [2.45, 2.75) is 25.1 Å². The second-order valence-electron chi connectivity index (χ2n) is 5.85. The van der Waals surface area contributed by atoms with E-state index in [0.717, 1.165) is 25.9 Å². The van der Waals surface area contributed by atoms with Crippen LogP contribution in [0.2, 0.25) is 0 Å². The number of hydrazine groups is 2. The molecule has 1 unspecified atom stereocenters. The Kier molecular flexibility index (Phi) is 4.44. The summed E-state index contributed by atoms with van der Waals surface area (Å²) in [6, 6.07) is 9.53. The number of hydrogen-bond acceptors (Lipinski definition) is 8. The van der Waals surface area contributed by atoms with E-state index in [1.807, 2.05) is 30.3 Å². The second kappa shape index (κ2) is 7.03. The Morgan fingerprint density at radius 3 is 2.72 bits per heavy atom. The predicted octanol–water partition coefficient (Wildman–Crippen LogP) is 1.15. The van der Waals surface area contributed by atoms with Gasteiger partial charge in [0.2, 0.25) is 6.23 Å². The average molecular weight is 346 g/mol. The van der Waals surface area contributed by atoms with Crippen molar-refractivity contribution in [3.63, 3.8) is 0 Å². The molecule has 132 valence electrons. The third-order valence-corrected chi connectivity index (χ3v) is 4.13. The van der Waals surface area contributed by atoms with E-state index in [1.54, 1.807) is 11.0 Å². The fourth-order valence-electron chi connectivity index (χ4n) is 2.86. The van der Waals surface area contributed by atoms with Crippen molar-refractivity contribution in [2.75, 3.05) is 13.1 Å². The van der Waals surface area contributed by atoms with E-state index in [9.17, 15) is 4.48 Å². The lowest BCUT2D eigenvalue weighted by Gasteiger charge is -2.25. The van der Waals surface area contributed by atoms with E-state index in [0.29, 0.717) is 11.4 Å². The Morgan fingerprint density at radius 2 is 2.00 bits per heavy atom. The summed E-state index contributed by atoms with van der Waals surface area (Å²) in [5.41, 5.74) is 2.99. The summed E-state index contributed by atoms with van der Waals surface area (Å²) >= 11 is 0. The van der Waals surface area contributed by atoms with Gasteiger partial charge < -0.3 is 10.1 Å². The molecular weight excluding hydrogens is 327 g/mol. The summed E-state index contributed by atoms with van der Waals surface area (Å²) in [6.07, 6.45) is 4.19. The fourth-order valence-corrected chi connectivity index (χ4v) is 2.86. The maximum atomic E-state index is 13.3. The smallest absolute Gasteiger partial charge is 0.234 e. The summed E-state index contributed by atoms with van der Waals surface area (Å²) in [7, 11) is 0. The summed E-state index contributed by atoms with van der Waals surface area (Å²) in [4.78, 5) is 1.72. The van der Waals surface area contributed by atoms with Gasteiger partial charge in [-0.3, -0.25) is 0 Å². The third-order valence-electron chi connectivity index (χ3n) is 4.13. The van der Waals surface area contributed by atoms with Crippen molar-refractivity contribution in [2.24, 2.45) is 5.10 Å². The minimum atomic E-state index is -0.706. The molecule has 0 aliphatic carbocycles. The first-order valence-electron chi connectivity index (χ1n) is 8.18. The van der Waals surface area contributed by atoms with Gasteiger partial charge in [-0.05, 0) is 43.4 Å². The number of para-hydroxylation sites is 1. The first-order chi connectivity index (χ1) is 12.3. The van der Waals surface area contributed by atoms with Crippen molar-refractivity contribution in [3.05, 3.63) is 42.2 Å². The largest absolute Gasteiger partial charge is 0.463 e. The van der Waals surface area contributed by atoms with Gasteiger partial charge in [0.1, 0.15) is 17.8 Å². The van der Waals surface area contributed by atoms with Gasteiger partial charge in [-0.25, -0.2) is 5.01 Å². The molecule has 10 heteroatoms. The van der Waals surface area contributed by atoms with Crippen LogP contribution in [0.15, 0.2) is 41.6 Å². The molecule has 4 rings (SSSR count). The fraction of sp³-hybridized carbons (Fsp3) is 0.400. The number of ether oxygens (including phenoxy) is 1. The van der Waals surface area contributed by atoms with Crippen LogP contribution >= 0.6 is 0 Å². The minimum Gasteiger partial charge on any atom is -0.463 e. The molecule has 1 saturated heterocycles. The van der Waals surface area contributed by atoms with Crippen LogP contribution < -0.4 is 15.6 Å². The number of halogens is 1. The quantitative estimate of drug-likeness (QED) is 0.786. The highest BCUT2D eigenvalue weighted by Gasteiger charge is 2.29. The zero-order chi connectivity index (χ0) is 17.1. The van der Waals surface area contributed by atoms with Gasteiger partial charge in [0.25, 0.3) is 0 Å².